The molecule has 2 aliphatic rings. The van der Waals surface area contributed by atoms with Crippen LogP contribution in [0.4, 0.5) is 17.1 Å². The Morgan fingerprint density at radius 1 is 0.737 bits per heavy atom. The molecule has 0 unspecified atom stereocenters. The first-order chi connectivity index (χ1) is 18.1. The number of amides is 2. The average molecular weight is 532 g/mol. The topological polar surface area (TPSA) is 133 Å². The van der Waals surface area contributed by atoms with E-state index < -0.39 is 0 Å². The summed E-state index contributed by atoms with van der Waals surface area (Å²) in [7, 11) is 0. The number of aliphatic imine (C=N–C) groups is 2. The van der Waals surface area contributed by atoms with Crippen molar-refractivity contribution in [2.24, 2.45) is 9.98 Å². The third-order valence-corrected chi connectivity index (χ3v) is 6.14. The zero-order valence-electron chi connectivity index (χ0n) is 20.8. The molecule has 9 nitrogen and oxygen atoms in total. The second-order valence-electron chi connectivity index (χ2n) is 8.89. The van der Waals surface area contributed by atoms with Gasteiger partial charge in [-0.1, -0.05) is 24.3 Å². The van der Waals surface area contributed by atoms with Crippen LogP contribution in [-0.2, 0) is 0 Å². The number of halogens is 1. The fourth-order valence-corrected chi connectivity index (χ4v) is 4.25. The van der Waals surface area contributed by atoms with E-state index in [9.17, 15) is 9.59 Å². The normalized spacial score (nSPS) is 14.5. The largest absolute Gasteiger partial charge is 0.398 e. The summed E-state index contributed by atoms with van der Waals surface area (Å²) in [5, 5.41) is 12.3. The van der Waals surface area contributed by atoms with Gasteiger partial charge in [0.05, 0.1) is 5.56 Å². The summed E-state index contributed by atoms with van der Waals surface area (Å²) >= 11 is 0. The van der Waals surface area contributed by atoms with Gasteiger partial charge < -0.3 is 27.0 Å². The number of nitrogens with two attached hydrogens (primary N) is 1. The Labute approximate surface area is 227 Å². The van der Waals surface area contributed by atoms with Crippen molar-refractivity contribution in [2.45, 2.75) is 12.8 Å². The van der Waals surface area contributed by atoms with E-state index >= 15 is 0 Å². The fraction of sp³-hybridized carbons (Fsp3) is 0.214. The number of anilines is 3. The van der Waals surface area contributed by atoms with Crippen molar-refractivity contribution in [3.05, 3.63) is 89.0 Å². The van der Waals surface area contributed by atoms with Gasteiger partial charge in [0, 0.05) is 59.9 Å². The zero-order chi connectivity index (χ0) is 25.6. The van der Waals surface area contributed by atoms with Gasteiger partial charge in [0.25, 0.3) is 11.8 Å². The summed E-state index contributed by atoms with van der Waals surface area (Å²) < 4.78 is 0. The van der Waals surface area contributed by atoms with Gasteiger partial charge in [0.15, 0.2) is 0 Å². The molecule has 2 aliphatic heterocycles. The number of carbonyl (C=O) groups is 2. The van der Waals surface area contributed by atoms with Crippen LogP contribution in [0, 0.1) is 0 Å². The van der Waals surface area contributed by atoms with Crippen molar-refractivity contribution in [3.8, 4) is 0 Å². The third-order valence-electron chi connectivity index (χ3n) is 6.14. The highest BCUT2D eigenvalue weighted by atomic mass is 35.5. The summed E-state index contributed by atoms with van der Waals surface area (Å²) in [6.45, 7) is 3.33. The van der Waals surface area contributed by atoms with Gasteiger partial charge in [-0.2, -0.15) is 0 Å². The van der Waals surface area contributed by atoms with E-state index in [1.165, 1.54) is 6.07 Å². The Balaban J connectivity index is 0.00000336. The smallest absolute Gasteiger partial charge is 0.257 e. The summed E-state index contributed by atoms with van der Waals surface area (Å²) in [6, 6.07) is 19.7. The lowest BCUT2D eigenvalue weighted by atomic mass is 10.1. The number of hydrogen-bond donors (Lipinski definition) is 5. The van der Waals surface area contributed by atoms with E-state index in [0.717, 1.165) is 61.8 Å². The van der Waals surface area contributed by atoms with Gasteiger partial charge in [-0.05, 0) is 55.3 Å². The number of carbonyl (C=O) groups excluding carboxylic acids is 2. The standard InChI is InChI=1S/C28H29N7O2.ClH/c29-24-17-20(27(36)34-21-7-1-5-18(15-21)25-30-11-3-12-31-25)9-10-23(24)28(37)35-22-8-2-6-19(16-22)26-32-13-4-14-33-26;/h1-2,5-10,15-17H,3-4,11-14,29H2,(H,30,31)(H,32,33)(H,34,36)(H,35,37);1H. The van der Waals surface area contributed by atoms with Gasteiger partial charge >= 0.3 is 0 Å². The van der Waals surface area contributed by atoms with Crippen molar-refractivity contribution in [1.82, 2.24) is 10.6 Å². The Hall–Kier alpha value is -4.37. The third kappa shape index (κ3) is 6.30. The molecule has 10 heteroatoms. The van der Waals surface area contributed by atoms with Crippen LogP contribution in [0.25, 0.3) is 0 Å². The molecule has 0 aliphatic carbocycles. The van der Waals surface area contributed by atoms with Crippen LogP contribution in [0.1, 0.15) is 44.7 Å². The van der Waals surface area contributed by atoms with Gasteiger partial charge in [-0.15, -0.1) is 12.4 Å². The Morgan fingerprint density at radius 3 is 1.79 bits per heavy atom. The van der Waals surface area contributed by atoms with Crippen LogP contribution >= 0.6 is 12.4 Å². The maximum atomic E-state index is 12.9. The molecule has 0 fully saturated rings. The monoisotopic (exact) mass is 531 g/mol. The molecule has 0 bridgehead atoms. The second kappa shape index (κ2) is 12.2. The number of benzene rings is 3. The molecule has 2 amide bonds. The highest BCUT2D eigenvalue weighted by Gasteiger charge is 2.15. The zero-order valence-corrected chi connectivity index (χ0v) is 21.6. The molecule has 3 aromatic rings. The fourth-order valence-electron chi connectivity index (χ4n) is 4.25. The molecule has 196 valence electrons. The lowest BCUT2D eigenvalue weighted by molar-refractivity contribution is 0.101. The van der Waals surface area contributed by atoms with E-state index in [-0.39, 0.29) is 29.9 Å². The molecule has 0 radical (unpaired) electrons. The highest BCUT2D eigenvalue weighted by Crippen LogP contribution is 2.20. The first-order valence-corrected chi connectivity index (χ1v) is 12.4. The summed E-state index contributed by atoms with van der Waals surface area (Å²) in [5.74, 6) is 0.984. The van der Waals surface area contributed by atoms with Crippen LogP contribution in [0.5, 0.6) is 0 Å². The van der Waals surface area contributed by atoms with Crippen molar-refractivity contribution in [2.75, 3.05) is 42.5 Å². The highest BCUT2D eigenvalue weighted by molar-refractivity contribution is 6.11. The average Bonchev–Trinajstić information content (AvgIpc) is 2.94. The second-order valence-corrected chi connectivity index (χ2v) is 8.89. The molecule has 2 heterocycles. The maximum Gasteiger partial charge on any atom is 0.257 e. The quantitative estimate of drug-likeness (QED) is 0.309. The summed E-state index contributed by atoms with van der Waals surface area (Å²) in [4.78, 5) is 34.8. The van der Waals surface area contributed by atoms with Crippen molar-refractivity contribution in [3.63, 3.8) is 0 Å². The molecule has 38 heavy (non-hydrogen) atoms. The number of amidine groups is 2. The van der Waals surface area contributed by atoms with Crippen LogP contribution in [0.2, 0.25) is 0 Å². The first-order valence-electron chi connectivity index (χ1n) is 12.4. The predicted molar refractivity (Wildman–Crippen MR) is 155 cm³/mol. The van der Waals surface area contributed by atoms with Crippen molar-refractivity contribution < 1.29 is 9.59 Å². The van der Waals surface area contributed by atoms with Gasteiger partial charge in [-0.3, -0.25) is 19.6 Å². The summed E-state index contributed by atoms with van der Waals surface area (Å²) in [5.41, 5.74) is 10.2. The number of rotatable bonds is 6. The van der Waals surface area contributed by atoms with Crippen LogP contribution < -0.4 is 27.0 Å². The lowest BCUT2D eigenvalue weighted by Gasteiger charge is -2.16. The van der Waals surface area contributed by atoms with Crippen molar-refractivity contribution in [1.29, 1.82) is 0 Å². The van der Waals surface area contributed by atoms with Crippen LogP contribution in [-0.4, -0.2) is 49.7 Å². The molecule has 0 saturated carbocycles. The maximum absolute atomic E-state index is 12.9. The molecular weight excluding hydrogens is 502 g/mol. The van der Waals surface area contributed by atoms with E-state index in [1.807, 2.05) is 48.5 Å². The molecule has 3 aromatic carbocycles. The first kappa shape index (κ1) is 26.7. The molecule has 5 rings (SSSR count). The Bertz CT molecular complexity index is 1400. The van der Waals surface area contributed by atoms with Gasteiger partial charge in [0.2, 0.25) is 0 Å². The Kier molecular flexibility index (Phi) is 8.60. The van der Waals surface area contributed by atoms with Crippen molar-refractivity contribution >= 4 is 53.0 Å². The van der Waals surface area contributed by atoms with Crippen LogP contribution in [0.3, 0.4) is 0 Å². The number of nitrogens with zero attached hydrogens (tertiary/aromatic N) is 2. The Morgan fingerprint density at radius 2 is 1.29 bits per heavy atom. The van der Waals surface area contributed by atoms with E-state index in [0.29, 0.717) is 22.5 Å². The predicted octanol–water partition coefficient (Wildman–Crippen LogP) is 3.68. The molecule has 0 spiro atoms. The number of nitrogen functional groups attached to an aromatic ring is 1. The minimum absolute atomic E-state index is 0. The minimum atomic E-state index is -0.353. The van der Waals surface area contributed by atoms with Gasteiger partial charge in [-0.25, -0.2) is 0 Å². The van der Waals surface area contributed by atoms with E-state index in [2.05, 4.69) is 31.3 Å². The molecule has 6 N–H and O–H groups in total. The summed E-state index contributed by atoms with van der Waals surface area (Å²) in [6.07, 6.45) is 2.02. The number of hydrogen-bond acceptors (Lipinski definition) is 7. The molecule has 0 aromatic heterocycles. The molecular formula is C28H30ClN7O2. The lowest BCUT2D eigenvalue weighted by Crippen LogP contribution is -2.30. The van der Waals surface area contributed by atoms with Gasteiger partial charge in [0.1, 0.15) is 11.7 Å². The SMILES string of the molecule is Cl.Nc1cc(C(=O)Nc2cccc(C3=NCCCN3)c2)ccc1C(=O)Nc1cccc(C2=NCCCN2)c1. The number of nitrogens with one attached hydrogen (secondary N) is 4. The minimum Gasteiger partial charge on any atom is -0.398 e. The van der Waals surface area contributed by atoms with E-state index in [1.54, 1.807) is 12.1 Å². The van der Waals surface area contributed by atoms with Crippen LogP contribution in [0.15, 0.2) is 76.7 Å². The molecule has 0 atom stereocenters. The molecule has 0 saturated heterocycles. The van der Waals surface area contributed by atoms with E-state index in [4.69, 9.17) is 5.73 Å².